The van der Waals surface area contributed by atoms with Crippen molar-refractivity contribution in [2.24, 2.45) is 0 Å². The van der Waals surface area contributed by atoms with Crippen LogP contribution in [0.3, 0.4) is 0 Å². The van der Waals surface area contributed by atoms with Crippen LogP contribution in [-0.2, 0) is 0 Å². The molecule has 0 aliphatic carbocycles. The number of rotatable bonds is 5. The summed E-state index contributed by atoms with van der Waals surface area (Å²) in [5.74, 6) is -0.134. The van der Waals surface area contributed by atoms with Crippen LogP contribution in [-0.4, -0.2) is 51.9 Å². The maximum absolute atomic E-state index is 13.5. The van der Waals surface area contributed by atoms with Gasteiger partial charge in [0.25, 0.3) is 5.91 Å². The highest BCUT2D eigenvalue weighted by Crippen LogP contribution is 2.29. The zero-order valence-electron chi connectivity index (χ0n) is 16.6. The molecule has 0 bridgehead atoms. The molecule has 1 aliphatic heterocycles. The van der Waals surface area contributed by atoms with Gasteiger partial charge in [0.15, 0.2) is 5.69 Å². The molecule has 2 atom stereocenters. The van der Waals surface area contributed by atoms with Crippen LogP contribution in [0.2, 0.25) is 0 Å². The van der Waals surface area contributed by atoms with E-state index >= 15 is 0 Å². The molecule has 4 rings (SSSR count). The second-order valence-electron chi connectivity index (χ2n) is 7.30. The Morgan fingerprint density at radius 1 is 1.34 bits per heavy atom. The number of thiophene rings is 1. The van der Waals surface area contributed by atoms with Crippen LogP contribution < -0.4 is 10.6 Å². The van der Waals surface area contributed by atoms with Gasteiger partial charge in [-0.05, 0) is 45.0 Å². The number of anilines is 1. The standard InChI is InChI=1S/C20H23FN6OS/c1-11-6-16-18(29-11)17(19(28)27-5-4-15(10-27)22-3)26-20(25-16)24-12(2)13-7-14(21)9-23-8-13/h6-9,12,15,22H,4-5,10H2,1-3H3,(H,24,25,26)/t12-,15+/m0/s1. The lowest BCUT2D eigenvalue weighted by atomic mass is 10.1. The highest BCUT2D eigenvalue weighted by molar-refractivity contribution is 7.19. The predicted octanol–water partition coefficient (Wildman–Crippen LogP) is 3.14. The summed E-state index contributed by atoms with van der Waals surface area (Å²) in [6.45, 7) is 5.23. The number of aryl methyl sites for hydroxylation is 1. The zero-order valence-corrected chi connectivity index (χ0v) is 17.4. The molecular weight excluding hydrogens is 391 g/mol. The number of carbonyl (C=O) groups excluding carboxylic acids is 1. The minimum atomic E-state index is -0.398. The first-order chi connectivity index (χ1) is 13.9. The van der Waals surface area contributed by atoms with Crippen molar-refractivity contribution in [3.8, 4) is 0 Å². The van der Waals surface area contributed by atoms with Crippen LogP contribution in [0.25, 0.3) is 10.2 Å². The van der Waals surface area contributed by atoms with Crippen LogP contribution in [0, 0.1) is 12.7 Å². The van der Waals surface area contributed by atoms with Crippen molar-refractivity contribution in [1.82, 2.24) is 25.2 Å². The maximum atomic E-state index is 13.5. The third kappa shape index (κ3) is 4.06. The molecule has 29 heavy (non-hydrogen) atoms. The Bertz CT molecular complexity index is 1050. The smallest absolute Gasteiger partial charge is 0.274 e. The summed E-state index contributed by atoms with van der Waals surface area (Å²) >= 11 is 1.52. The van der Waals surface area contributed by atoms with E-state index in [9.17, 15) is 9.18 Å². The van der Waals surface area contributed by atoms with Crippen molar-refractivity contribution in [3.63, 3.8) is 0 Å². The number of nitrogens with zero attached hydrogens (tertiary/aromatic N) is 4. The molecule has 2 N–H and O–H groups in total. The summed E-state index contributed by atoms with van der Waals surface area (Å²) in [5.41, 5.74) is 1.83. The van der Waals surface area contributed by atoms with Crippen molar-refractivity contribution in [2.75, 3.05) is 25.5 Å². The number of likely N-dealkylation sites (N-methyl/N-ethyl adjacent to an activating group) is 1. The van der Waals surface area contributed by atoms with Gasteiger partial charge in [0.05, 0.1) is 22.5 Å². The molecule has 0 saturated carbocycles. The summed E-state index contributed by atoms with van der Waals surface area (Å²) in [6.07, 6.45) is 3.69. The molecule has 7 nitrogen and oxygen atoms in total. The van der Waals surface area contributed by atoms with E-state index in [4.69, 9.17) is 0 Å². The molecule has 9 heteroatoms. The Morgan fingerprint density at radius 3 is 2.90 bits per heavy atom. The lowest BCUT2D eigenvalue weighted by molar-refractivity contribution is 0.0786. The second-order valence-corrected chi connectivity index (χ2v) is 8.55. The summed E-state index contributed by atoms with van der Waals surface area (Å²) in [6, 6.07) is 3.42. The molecule has 4 heterocycles. The van der Waals surface area contributed by atoms with E-state index in [0.717, 1.165) is 27.7 Å². The summed E-state index contributed by atoms with van der Waals surface area (Å²) in [4.78, 5) is 29.1. The molecule has 0 unspecified atom stereocenters. The Morgan fingerprint density at radius 2 is 2.17 bits per heavy atom. The van der Waals surface area contributed by atoms with E-state index in [1.165, 1.54) is 17.4 Å². The maximum Gasteiger partial charge on any atom is 0.274 e. The largest absolute Gasteiger partial charge is 0.348 e. The molecule has 0 spiro atoms. The topological polar surface area (TPSA) is 83.0 Å². The van der Waals surface area contributed by atoms with Gasteiger partial charge in [-0.25, -0.2) is 14.4 Å². The van der Waals surface area contributed by atoms with E-state index < -0.39 is 5.82 Å². The highest BCUT2D eigenvalue weighted by Gasteiger charge is 2.29. The van der Waals surface area contributed by atoms with Crippen LogP contribution in [0.4, 0.5) is 10.3 Å². The third-order valence-electron chi connectivity index (χ3n) is 5.15. The molecule has 152 valence electrons. The number of pyridine rings is 1. The third-order valence-corrected chi connectivity index (χ3v) is 6.20. The number of fused-ring (bicyclic) bond motifs is 1. The van der Waals surface area contributed by atoms with Crippen LogP contribution in [0.5, 0.6) is 0 Å². The second kappa shape index (κ2) is 8.00. The zero-order chi connectivity index (χ0) is 20.5. The van der Waals surface area contributed by atoms with Crippen molar-refractivity contribution >= 4 is 33.4 Å². The number of hydrogen-bond acceptors (Lipinski definition) is 7. The first-order valence-corrected chi connectivity index (χ1v) is 10.4. The Balaban J connectivity index is 1.66. The van der Waals surface area contributed by atoms with E-state index in [1.807, 2.05) is 31.9 Å². The van der Waals surface area contributed by atoms with Crippen molar-refractivity contribution in [3.05, 3.63) is 46.5 Å². The minimum Gasteiger partial charge on any atom is -0.348 e. The number of aromatic nitrogens is 3. The highest BCUT2D eigenvalue weighted by atomic mass is 32.1. The van der Waals surface area contributed by atoms with Crippen LogP contribution >= 0.6 is 11.3 Å². The first kappa shape index (κ1) is 19.7. The monoisotopic (exact) mass is 414 g/mol. The van der Waals surface area contributed by atoms with Crippen molar-refractivity contribution < 1.29 is 9.18 Å². The van der Waals surface area contributed by atoms with Crippen molar-refractivity contribution in [2.45, 2.75) is 32.4 Å². The number of amides is 1. The molecular formula is C20H23FN6OS. The fraction of sp³-hybridized carbons (Fsp3) is 0.400. The average molecular weight is 415 g/mol. The van der Waals surface area contributed by atoms with Gasteiger partial charge in [0.1, 0.15) is 5.82 Å². The van der Waals surface area contributed by atoms with E-state index in [-0.39, 0.29) is 11.9 Å². The van der Waals surface area contributed by atoms with Crippen LogP contribution in [0.15, 0.2) is 24.5 Å². The molecule has 0 aromatic carbocycles. The van der Waals surface area contributed by atoms with E-state index in [2.05, 4.69) is 25.6 Å². The van der Waals surface area contributed by atoms with Crippen molar-refractivity contribution in [1.29, 1.82) is 0 Å². The molecule has 1 fully saturated rings. The Labute approximate surface area is 172 Å². The van der Waals surface area contributed by atoms with Gasteiger partial charge >= 0.3 is 0 Å². The minimum absolute atomic E-state index is 0.0832. The number of carbonyl (C=O) groups is 1. The van der Waals surface area contributed by atoms with Gasteiger partial charge in [-0.15, -0.1) is 11.3 Å². The van der Waals surface area contributed by atoms with E-state index in [0.29, 0.717) is 36.3 Å². The summed E-state index contributed by atoms with van der Waals surface area (Å²) in [7, 11) is 1.91. The number of halogens is 1. The SMILES string of the molecule is CN[C@@H]1CCN(C(=O)c2nc(N[C@@H](C)c3cncc(F)c3)nc3cc(C)sc23)C1. The normalized spacial score (nSPS) is 17.7. The number of nitrogens with one attached hydrogen (secondary N) is 2. The molecule has 1 saturated heterocycles. The quantitative estimate of drug-likeness (QED) is 0.667. The fourth-order valence-electron chi connectivity index (χ4n) is 3.53. The predicted molar refractivity (Wildman–Crippen MR) is 112 cm³/mol. The Hall–Kier alpha value is -2.65. The fourth-order valence-corrected chi connectivity index (χ4v) is 4.46. The Kier molecular flexibility index (Phi) is 5.42. The average Bonchev–Trinajstić information content (AvgIpc) is 3.32. The molecule has 3 aromatic rings. The number of hydrogen-bond donors (Lipinski definition) is 2. The van der Waals surface area contributed by atoms with Gasteiger partial charge in [0, 0.05) is 30.2 Å². The van der Waals surface area contributed by atoms with Gasteiger partial charge in [-0.3, -0.25) is 9.78 Å². The molecule has 3 aromatic heterocycles. The van der Waals surface area contributed by atoms with Crippen LogP contribution in [0.1, 0.15) is 40.3 Å². The summed E-state index contributed by atoms with van der Waals surface area (Å²) in [5, 5.41) is 6.41. The van der Waals surface area contributed by atoms with Gasteiger partial charge in [-0.1, -0.05) is 0 Å². The lowest BCUT2D eigenvalue weighted by Crippen LogP contribution is -2.34. The number of likely N-dealkylation sites (tertiary alicyclic amines) is 1. The molecule has 1 aliphatic rings. The molecule has 1 amide bonds. The van der Waals surface area contributed by atoms with Gasteiger partial charge < -0.3 is 15.5 Å². The van der Waals surface area contributed by atoms with Gasteiger partial charge in [0.2, 0.25) is 5.95 Å². The van der Waals surface area contributed by atoms with Gasteiger partial charge in [-0.2, -0.15) is 0 Å². The summed E-state index contributed by atoms with van der Waals surface area (Å²) < 4.78 is 14.3. The lowest BCUT2D eigenvalue weighted by Gasteiger charge is -2.18. The van der Waals surface area contributed by atoms with E-state index in [1.54, 1.807) is 6.20 Å². The molecule has 0 radical (unpaired) electrons. The first-order valence-electron chi connectivity index (χ1n) is 9.56.